The average Bonchev–Trinajstić information content (AvgIpc) is 2.81. The maximum absolute atomic E-state index is 12.2. The molecule has 0 bridgehead atoms. The highest BCUT2D eigenvalue weighted by molar-refractivity contribution is 5.88. The number of aryl methyl sites for hydroxylation is 2. The maximum atomic E-state index is 12.2. The van der Waals surface area contributed by atoms with Crippen LogP contribution in [-0.2, 0) is 16.0 Å². The van der Waals surface area contributed by atoms with Gasteiger partial charge in [-0.25, -0.2) is 0 Å². The van der Waals surface area contributed by atoms with Crippen molar-refractivity contribution < 1.29 is 19.1 Å². The zero-order chi connectivity index (χ0) is 16.3. The van der Waals surface area contributed by atoms with Gasteiger partial charge in [0.1, 0.15) is 5.58 Å². The molecule has 1 heterocycles. The fourth-order valence-corrected chi connectivity index (χ4v) is 2.36. The lowest BCUT2D eigenvalue weighted by Crippen LogP contribution is -2.29. The number of furan rings is 1. The van der Waals surface area contributed by atoms with Crippen molar-refractivity contribution in [1.82, 2.24) is 4.90 Å². The number of hydrogen-bond donors (Lipinski definition) is 1. The Hall–Kier alpha value is -2.30. The van der Waals surface area contributed by atoms with Gasteiger partial charge in [-0.2, -0.15) is 0 Å². The first-order valence-corrected chi connectivity index (χ1v) is 7.31. The van der Waals surface area contributed by atoms with E-state index in [4.69, 9.17) is 9.52 Å². The molecule has 1 aromatic carbocycles. The van der Waals surface area contributed by atoms with E-state index in [0.717, 1.165) is 27.7 Å². The van der Waals surface area contributed by atoms with Gasteiger partial charge in [0, 0.05) is 31.0 Å². The number of carboxylic acids is 1. The smallest absolute Gasteiger partial charge is 0.303 e. The lowest BCUT2D eigenvalue weighted by atomic mass is 10.0. The largest absolute Gasteiger partial charge is 0.481 e. The second-order valence-electron chi connectivity index (χ2n) is 5.68. The molecule has 1 amide bonds. The van der Waals surface area contributed by atoms with Crippen molar-refractivity contribution in [1.29, 1.82) is 0 Å². The number of carbonyl (C=O) groups excluding carboxylic acids is 1. The molecule has 22 heavy (non-hydrogen) atoms. The number of aliphatic carboxylic acids is 1. The quantitative estimate of drug-likeness (QED) is 0.890. The molecule has 5 heteroatoms. The molecule has 0 aliphatic heterocycles. The van der Waals surface area contributed by atoms with E-state index < -0.39 is 5.97 Å². The number of benzene rings is 1. The number of fused-ring (bicyclic) bond motifs is 1. The van der Waals surface area contributed by atoms with Crippen LogP contribution in [0.4, 0.5) is 0 Å². The molecule has 0 saturated heterocycles. The van der Waals surface area contributed by atoms with Gasteiger partial charge in [-0.1, -0.05) is 0 Å². The van der Waals surface area contributed by atoms with Crippen LogP contribution in [0.2, 0.25) is 0 Å². The summed E-state index contributed by atoms with van der Waals surface area (Å²) in [7, 11) is 1.70. The average molecular weight is 303 g/mol. The van der Waals surface area contributed by atoms with Crippen LogP contribution >= 0.6 is 0 Å². The van der Waals surface area contributed by atoms with Gasteiger partial charge in [-0.3, -0.25) is 9.59 Å². The van der Waals surface area contributed by atoms with E-state index in [1.54, 1.807) is 18.2 Å². The third kappa shape index (κ3) is 3.67. The van der Waals surface area contributed by atoms with Crippen LogP contribution < -0.4 is 0 Å². The first-order chi connectivity index (χ1) is 10.4. The molecule has 2 aromatic rings. The first-order valence-electron chi connectivity index (χ1n) is 7.31. The molecular weight excluding hydrogens is 282 g/mol. The third-order valence-corrected chi connectivity index (χ3v) is 3.92. The lowest BCUT2D eigenvalue weighted by molar-refractivity contribution is -0.138. The van der Waals surface area contributed by atoms with Crippen molar-refractivity contribution >= 4 is 22.8 Å². The Labute approximate surface area is 129 Å². The molecule has 2 rings (SSSR count). The van der Waals surface area contributed by atoms with Gasteiger partial charge in [-0.15, -0.1) is 0 Å². The molecule has 0 aliphatic carbocycles. The second kappa shape index (κ2) is 6.64. The lowest BCUT2D eigenvalue weighted by Gasteiger charge is -2.16. The Bertz CT molecular complexity index is 702. The van der Waals surface area contributed by atoms with E-state index in [2.05, 4.69) is 0 Å². The zero-order valence-corrected chi connectivity index (χ0v) is 13.2. The monoisotopic (exact) mass is 303 g/mol. The number of amides is 1. The van der Waals surface area contributed by atoms with E-state index in [1.807, 2.05) is 26.0 Å². The molecule has 5 nitrogen and oxygen atoms in total. The van der Waals surface area contributed by atoms with Gasteiger partial charge < -0.3 is 14.4 Å². The van der Waals surface area contributed by atoms with Crippen molar-refractivity contribution in [3.8, 4) is 0 Å². The molecule has 0 unspecified atom stereocenters. The van der Waals surface area contributed by atoms with Crippen LogP contribution in [0.5, 0.6) is 0 Å². The summed E-state index contributed by atoms with van der Waals surface area (Å²) in [6.45, 7) is 4.50. The van der Waals surface area contributed by atoms with Crippen molar-refractivity contribution in [3.05, 3.63) is 35.1 Å². The van der Waals surface area contributed by atoms with Crippen LogP contribution in [0.1, 0.15) is 29.5 Å². The summed E-state index contributed by atoms with van der Waals surface area (Å²) in [6.07, 6.45) is 2.43. The summed E-state index contributed by atoms with van der Waals surface area (Å²) >= 11 is 0. The van der Waals surface area contributed by atoms with E-state index >= 15 is 0 Å². The van der Waals surface area contributed by atoms with Crippen LogP contribution in [0.25, 0.3) is 11.0 Å². The topological polar surface area (TPSA) is 70.8 Å². The fraction of sp³-hybridized carbons (Fsp3) is 0.412. The Balaban J connectivity index is 2.05. The number of nitrogens with zero attached hydrogens (tertiary/aromatic N) is 1. The van der Waals surface area contributed by atoms with Gasteiger partial charge >= 0.3 is 5.97 Å². The van der Waals surface area contributed by atoms with Crippen LogP contribution in [-0.4, -0.2) is 35.5 Å². The van der Waals surface area contributed by atoms with Crippen molar-refractivity contribution in [2.24, 2.45) is 0 Å². The minimum absolute atomic E-state index is 0.0358. The summed E-state index contributed by atoms with van der Waals surface area (Å²) in [4.78, 5) is 24.3. The van der Waals surface area contributed by atoms with Crippen molar-refractivity contribution in [2.45, 2.75) is 33.1 Å². The molecule has 1 aromatic heterocycles. The highest BCUT2D eigenvalue weighted by Crippen LogP contribution is 2.25. The molecule has 118 valence electrons. The molecule has 0 aliphatic rings. The summed E-state index contributed by atoms with van der Waals surface area (Å²) in [5, 5.41) is 9.59. The minimum atomic E-state index is -0.840. The standard InChI is InChI=1S/C17H21NO4/c1-11-7-14-13(10-22-15(14)8-12(11)2)9-16(19)18(3)6-4-5-17(20)21/h7-8,10H,4-6,9H2,1-3H3,(H,20,21). The van der Waals surface area contributed by atoms with E-state index in [0.29, 0.717) is 13.0 Å². The molecule has 0 spiro atoms. The van der Waals surface area contributed by atoms with Crippen molar-refractivity contribution in [3.63, 3.8) is 0 Å². The molecule has 0 radical (unpaired) electrons. The minimum Gasteiger partial charge on any atom is -0.481 e. The zero-order valence-electron chi connectivity index (χ0n) is 13.2. The normalized spacial score (nSPS) is 10.9. The van der Waals surface area contributed by atoms with E-state index in [9.17, 15) is 9.59 Å². The van der Waals surface area contributed by atoms with Crippen LogP contribution in [0.3, 0.4) is 0 Å². The Kier molecular flexibility index (Phi) is 4.85. The molecule has 1 N–H and O–H groups in total. The van der Waals surface area contributed by atoms with Gasteiger partial charge in [0.2, 0.25) is 5.91 Å². The molecule has 0 saturated carbocycles. The predicted molar refractivity (Wildman–Crippen MR) is 83.9 cm³/mol. The van der Waals surface area contributed by atoms with Crippen LogP contribution in [0.15, 0.2) is 22.8 Å². The van der Waals surface area contributed by atoms with Crippen LogP contribution in [0, 0.1) is 13.8 Å². The Morgan fingerprint density at radius 2 is 1.91 bits per heavy atom. The summed E-state index contributed by atoms with van der Waals surface area (Å²) in [5.41, 5.74) is 3.98. The molecule has 0 fully saturated rings. The Morgan fingerprint density at radius 1 is 1.23 bits per heavy atom. The van der Waals surface area contributed by atoms with Gasteiger partial charge in [0.15, 0.2) is 0 Å². The van der Waals surface area contributed by atoms with Crippen molar-refractivity contribution in [2.75, 3.05) is 13.6 Å². The van der Waals surface area contributed by atoms with Gasteiger partial charge in [-0.05, 0) is 43.5 Å². The van der Waals surface area contributed by atoms with E-state index in [-0.39, 0.29) is 18.7 Å². The molecular formula is C17H21NO4. The van der Waals surface area contributed by atoms with Gasteiger partial charge in [0.05, 0.1) is 12.7 Å². The summed E-state index contributed by atoms with van der Waals surface area (Å²) in [5.74, 6) is -0.876. The number of hydrogen-bond acceptors (Lipinski definition) is 3. The Morgan fingerprint density at radius 3 is 2.59 bits per heavy atom. The first kappa shape index (κ1) is 16.1. The van der Waals surface area contributed by atoms with E-state index in [1.165, 1.54) is 0 Å². The van der Waals surface area contributed by atoms with Gasteiger partial charge in [0.25, 0.3) is 0 Å². The third-order valence-electron chi connectivity index (χ3n) is 3.92. The molecule has 0 atom stereocenters. The summed E-state index contributed by atoms with van der Waals surface area (Å²) in [6, 6.07) is 4.02. The highest BCUT2D eigenvalue weighted by Gasteiger charge is 2.14. The fourth-order valence-electron chi connectivity index (χ4n) is 2.36. The number of rotatable bonds is 6. The maximum Gasteiger partial charge on any atom is 0.303 e. The number of carboxylic acid groups (broad SMARTS) is 1. The number of carbonyl (C=O) groups is 2. The second-order valence-corrected chi connectivity index (χ2v) is 5.68. The number of likely N-dealkylation sites (N-methyl/N-ethyl adjacent to an activating group) is 1. The SMILES string of the molecule is Cc1cc2occ(CC(=O)N(C)CCCC(=O)O)c2cc1C. The predicted octanol–water partition coefficient (Wildman–Crippen LogP) is 2.92. The highest BCUT2D eigenvalue weighted by atomic mass is 16.4. The summed E-state index contributed by atoms with van der Waals surface area (Å²) < 4.78 is 5.53.